The van der Waals surface area contributed by atoms with E-state index in [1.165, 1.54) is 0 Å². The number of halogens is 1. The molecule has 0 heterocycles. The lowest BCUT2D eigenvalue weighted by Crippen LogP contribution is -2.36. The molecule has 1 amide bonds. The van der Waals surface area contributed by atoms with Crippen LogP contribution in [0.2, 0.25) is 5.02 Å². The van der Waals surface area contributed by atoms with Crippen molar-refractivity contribution in [3.63, 3.8) is 0 Å². The monoisotopic (exact) mass is 270 g/mol. The van der Waals surface area contributed by atoms with E-state index >= 15 is 0 Å². The molecule has 0 saturated heterocycles. The average Bonchev–Trinajstić information content (AvgIpc) is 2.34. The molecule has 0 radical (unpaired) electrons. The van der Waals surface area contributed by atoms with E-state index in [4.69, 9.17) is 22.1 Å². The number of hydrogen-bond acceptors (Lipinski definition) is 3. The summed E-state index contributed by atoms with van der Waals surface area (Å²) in [4.78, 5) is 11.7. The Kier molecular flexibility index (Phi) is 5.78. The summed E-state index contributed by atoms with van der Waals surface area (Å²) in [5.41, 5.74) is 6.08. The Morgan fingerprint density at radius 3 is 2.89 bits per heavy atom. The first kappa shape index (κ1) is 14.6. The Labute approximate surface area is 112 Å². The lowest BCUT2D eigenvalue weighted by Gasteiger charge is -2.15. The van der Waals surface area contributed by atoms with Gasteiger partial charge in [0.2, 0.25) is 0 Å². The highest BCUT2D eigenvalue weighted by Crippen LogP contribution is 2.24. The standard InChI is InChI=1S/C13H19ClN2O2/c1-3-4-7-16-13(17)9(2)18-10-5-6-12(15)11(14)8-10/h5-6,8-9H,3-4,7,15H2,1-2H3,(H,16,17). The number of ether oxygens (including phenoxy) is 1. The Morgan fingerprint density at radius 1 is 1.56 bits per heavy atom. The van der Waals surface area contributed by atoms with Crippen LogP contribution in [0, 0.1) is 0 Å². The minimum absolute atomic E-state index is 0.128. The Morgan fingerprint density at radius 2 is 2.28 bits per heavy atom. The first-order valence-electron chi connectivity index (χ1n) is 6.04. The van der Waals surface area contributed by atoms with Crippen molar-refractivity contribution in [2.45, 2.75) is 32.8 Å². The van der Waals surface area contributed by atoms with Crippen LogP contribution in [0.4, 0.5) is 5.69 Å². The first-order valence-corrected chi connectivity index (χ1v) is 6.41. The topological polar surface area (TPSA) is 64.3 Å². The molecule has 1 aromatic carbocycles. The third kappa shape index (κ3) is 4.45. The zero-order valence-electron chi connectivity index (χ0n) is 10.7. The molecule has 0 aromatic heterocycles. The second-order valence-electron chi connectivity index (χ2n) is 4.09. The van der Waals surface area contributed by atoms with Gasteiger partial charge >= 0.3 is 0 Å². The van der Waals surface area contributed by atoms with Crippen LogP contribution in [-0.4, -0.2) is 18.6 Å². The molecular formula is C13H19ClN2O2. The number of benzene rings is 1. The number of nitrogen functional groups attached to an aromatic ring is 1. The molecular weight excluding hydrogens is 252 g/mol. The van der Waals surface area contributed by atoms with Crippen LogP contribution in [-0.2, 0) is 4.79 Å². The maximum absolute atomic E-state index is 11.7. The van der Waals surface area contributed by atoms with Crippen molar-refractivity contribution in [1.29, 1.82) is 0 Å². The van der Waals surface area contributed by atoms with E-state index in [2.05, 4.69) is 12.2 Å². The van der Waals surface area contributed by atoms with Gasteiger partial charge in [-0.2, -0.15) is 0 Å². The predicted octanol–water partition coefficient (Wildman–Crippen LogP) is 2.61. The van der Waals surface area contributed by atoms with Gasteiger partial charge in [-0.25, -0.2) is 0 Å². The molecule has 18 heavy (non-hydrogen) atoms. The molecule has 0 spiro atoms. The van der Waals surface area contributed by atoms with Crippen molar-refractivity contribution < 1.29 is 9.53 Å². The van der Waals surface area contributed by atoms with Crippen LogP contribution in [0.15, 0.2) is 18.2 Å². The van der Waals surface area contributed by atoms with Gasteiger partial charge in [0.25, 0.3) is 5.91 Å². The number of anilines is 1. The first-order chi connectivity index (χ1) is 8.54. The van der Waals surface area contributed by atoms with Gasteiger partial charge in [0.15, 0.2) is 6.10 Å². The molecule has 1 atom stereocenters. The molecule has 0 bridgehead atoms. The fourth-order valence-electron chi connectivity index (χ4n) is 1.37. The normalized spacial score (nSPS) is 11.9. The van der Waals surface area contributed by atoms with E-state index < -0.39 is 6.10 Å². The number of unbranched alkanes of at least 4 members (excludes halogenated alkanes) is 1. The summed E-state index contributed by atoms with van der Waals surface area (Å²) in [6.45, 7) is 4.44. The van der Waals surface area contributed by atoms with Crippen molar-refractivity contribution in [3.05, 3.63) is 23.2 Å². The van der Waals surface area contributed by atoms with E-state index in [0.29, 0.717) is 23.0 Å². The molecule has 0 aliphatic carbocycles. The van der Waals surface area contributed by atoms with Crippen molar-refractivity contribution in [2.75, 3.05) is 12.3 Å². The van der Waals surface area contributed by atoms with Crippen LogP contribution in [0.5, 0.6) is 5.75 Å². The molecule has 0 aliphatic rings. The zero-order valence-corrected chi connectivity index (χ0v) is 11.5. The summed E-state index contributed by atoms with van der Waals surface area (Å²) in [6, 6.07) is 4.95. The van der Waals surface area contributed by atoms with Crippen LogP contribution >= 0.6 is 11.6 Å². The van der Waals surface area contributed by atoms with Gasteiger partial charge in [-0.1, -0.05) is 24.9 Å². The lowest BCUT2D eigenvalue weighted by molar-refractivity contribution is -0.127. The number of nitrogens with two attached hydrogens (primary N) is 1. The number of hydrogen-bond donors (Lipinski definition) is 2. The van der Waals surface area contributed by atoms with Gasteiger partial charge in [0.05, 0.1) is 10.7 Å². The molecule has 0 fully saturated rings. The van der Waals surface area contributed by atoms with Gasteiger partial charge in [-0.05, 0) is 25.5 Å². The minimum atomic E-state index is -0.554. The molecule has 5 heteroatoms. The summed E-state index contributed by atoms with van der Waals surface area (Å²) in [7, 11) is 0. The molecule has 3 N–H and O–H groups in total. The molecule has 4 nitrogen and oxygen atoms in total. The van der Waals surface area contributed by atoms with E-state index in [9.17, 15) is 4.79 Å². The van der Waals surface area contributed by atoms with Gasteiger partial charge in [0.1, 0.15) is 5.75 Å². The zero-order chi connectivity index (χ0) is 13.5. The average molecular weight is 271 g/mol. The highest BCUT2D eigenvalue weighted by Gasteiger charge is 2.14. The number of nitrogens with one attached hydrogen (secondary N) is 1. The van der Waals surface area contributed by atoms with E-state index in [0.717, 1.165) is 12.8 Å². The van der Waals surface area contributed by atoms with Crippen LogP contribution in [0.25, 0.3) is 0 Å². The maximum atomic E-state index is 11.7. The quantitative estimate of drug-likeness (QED) is 0.617. The highest BCUT2D eigenvalue weighted by atomic mass is 35.5. The molecule has 0 aliphatic heterocycles. The van der Waals surface area contributed by atoms with Crippen LogP contribution in [0.1, 0.15) is 26.7 Å². The third-order valence-electron chi connectivity index (χ3n) is 2.48. The molecule has 1 aromatic rings. The Bertz CT molecular complexity index is 410. The largest absolute Gasteiger partial charge is 0.481 e. The van der Waals surface area contributed by atoms with Crippen molar-refractivity contribution >= 4 is 23.2 Å². The second-order valence-corrected chi connectivity index (χ2v) is 4.50. The van der Waals surface area contributed by atoms with E-state index in [-0.39, 0.29) is 5.91 Å². The van der Waals surface area contributed by atoms with Crippen LogP contribution in [0.3, 0.4) is 0 Å². The van der Waals surface area contributed by atoms with Gasteiger partial charge in [-0.3, -0.25) is 4.79 Å². The van der Waals surface area contributed by atoms with Crippen molar-refractivity contribution in [3.8, 4) is 5.75 Å². The van der Waals surface area contributed by atoms with E-state index in [1.54, 1.807) is 25.1 Å². The van der Waals surface area contributed by atoms with Crippen molar-refractivity contribution in [1.82, 2.24) is 5.32 Å². The Hall–Kier alpha value is -1.42. The van der Waals surface area contributed by atoms with Gasteiger partial charge in [0, 0.05) is 12.6 Å². The fourth-order valence-corrected chi connectivity index (χ4v) is 1.54. The number of rotatable bonds is 6. The number of carbonyl (C=O) groups is 1. The van der Waals surface area contributed by atoms with Crippen LogP contribution < -0.4 is 15.8 Å². The number of carbonyl (C=O) groups excluding carboxylic acids is 1. The Balaban J connectivity index is 2.50. The maximum Gasteiger partial charge on any atom is 0.260 e. The second kappa shape index (κ2) is 7.11. The van der Waals surface area contributed by atoms with Crippen molar-refractivity contribution in [2.24, 2.45) is 0 Å². The smallest absolute Gasteiger partial charge is 0.260 e. The molecule has 100 valence electrons. The molecule has 1 unspecified atom stereocenters. The molecule has 1 rings (SSSR count). The highest BCUT2D eigenvalue weighted by molar-refractivity contribution is 6.33. The SMILES string of the molecule is CCCCNC(=O)C(C)Oc1ccc(N)c(Cl)c1. The predicted molar refractivity (Wildman–Crippen MR) is 73.9 cm³/mol. The van der Waals surface area contributed by atoms with Gasteiger partial charge < -0.3 is 15.8 Å². The molecule has 0 saturated carbocycles. The summed E-state index contributed by atoms with van der Waals surface area (Å²) in [5, 5.41) is 3.23. The summed E-state index contributed by atoms with van der Waals surface area (Å²) in [6.07, 6.45) is 1.46. The summed E-state index contributed by atoms with van der Waals surface area (Å²) < 4.78 is 5.49. The fraction of sp³-hybridized carbons (Fsp3) is 0.462. The van der Waals surface area contributed by atoms with E-state index in [1.807, 2.05) is 0 Å². The minimum Gasteiger partial charge on any atom is -0.481 e. The third-order valence-corrected chi connectivity index (χ3v) is 2.81. The lowest BCUT2D eigenvalue weighted by atomic mass is 10.3. The van der Waals surface area contributed by atoms with Gasteiger partial charge in [-0.15, -0.1) is 0 Å². The summed E-state index contributed by atoms with van der Waals surface area (Å²) >= 11 is 5.87. The number of amides is 1. The summed E-state index contributed by atoms with van der Waals surface area (Å²) in [5.74, 6) is 0.406.